The number of esters is 1. The van der Waals surface area contributed by atoms with E-state index in [9.17, 15) is 9.59 Å². The number of aromatic nitrogens is 2. The monoisotopic (exact) mass is 415 g/mol. The molecule has 0 bridgehead atoms. The van der Waals surface area contributed by atoms with Gasteiger partial charge in [-0.25, -0.2) is 14.6 Å². The molecule has 164 valence electrons. The number of pyridine rings is 1. The van der Waals surface area contributed by atoms with E-state index in [0.29, 0.717) is 36.7 Å². The molecule has 3 heterocycles. The zero-order chi connectivity index (χ0) is 22.5. The summed E-state index contributed by atoms with van der Waals surface area (Å²) in [5.74, 6) is -0.370. The topological polar surface area (TPSA) is 73.1 Å². The van der Waals surface area contributed by atoms with Gasteiger partial charge in [-0.15, -0.1) is 0 Å². The third-order valence-corrected chi connectivity index (χ3v) is 4.50. The molecule has 0 fully saturated rings. The van der Waals surface area contributed by atoms with E-state index in [1.54, 1.807) is 23.1 Å². The summed E-state index contributed by atoms with van der Waals surface area (Å²) in [7, 11) is 0. The molecule has 2 aromatic heterocycles. The number of carbonyl (C=O) groups excluding carboxylic acids is 2. The average molecular weight is 416 g/mol. The van der Waals surface area contributed by atoms with E-state index in [1.807, 2.05) is 59.0 Å². The molecule has 0 aliphatic carbocycles. The summed E-state index contributed by atoms with van der Waals surface area (Å²) in [6, 6.07) is 3.93. The number of ether oxygens (including phenoxy) is 2. The number of imidazole rings is 1. The van der Waals surface area contributed by atoms with Gasteiger partial charge in [-0.3, -0.25) is 4.40 Å². The first-order chi connectivity index (χ1) is 14.2. The van der Waals surface area contributed by atoms with Gasteiger partial charge < -0.3 is 14.4 Å². The quantitative estimate of drug-likeness (QED) is 0.669. The lowest BCUT2D eigenvalue weighted by molar-refractivity contribution is 0.0270. The zero-order valence-corrected chi connectivity index (χ0v) is 19.1. The lowest BCUT2D eigenvalue weighted by Gasteiger charge is -2.29. The van der Waals surface area contributed by atoms with E-state index < -0.39 is 5.60 Å². The van der Waals surface area contributed by atoms with Crippen LogP contribution >= 0.6 is 0 Å². The average Bonchev–Trinajstić information content (AvgIpc) is 3.03. The van der Waals surface area contributed by atoms with Gasteiger partial charge in [-0.05, 0) is 64.3 Å². The van der Waals surface area contributed by atoms with Gasteiger partial charge in [0, 0.05) is 19.3 Å². The summed E-state index contributed by atoms with van der Waals surface area (Å²) in [4.78, 5) is 30.6. The second-order valence-corrected chi connectivity index (χ2v) is 7.82. The minimum Gasteiger partial charge on any atom is -0.461 e. The lowest BCUT2D eigenvalue weighted by Crippen LogP contribution is -2.39. The van der Waals surface area contributed by atoms with Gasteiger partial charge in [-0.1, -0.05) is 19.9 Å². The number of aryl methyl sites for hydroxylation is 1. The Morgan fingerprint density at radius 2 is 1.93 bits per heavy atom. The Kier molecular flexibility index (Phi) is 7.65. The molecule has 3 rings (SSSR count). The Hall–Kier alpha value is -2.83. The van der Waals surface area contributed by atoms with Crippen LogP contribution in [0.5, 0.6) is 0 Å². The fourth-order valence-electron chi connectivity index (χ4n) is 3.23. The molecular weight excluding hydrogens is 382 g/mol. The second kappa shape index (κ2) is 9.78. The number of carbonyl (C=O) groups is 2. The van der Waals surface area contributed by atoms with E-state index >= 15 is 0 Å². The Balaban J connectivity index is 0.00000155. The van der Waals surface area contributed by atoms with Crippen LogP contribution < -0.4 is 0 Å². The van der Waals surface area contributed by atoms with Crippen molar-refractivity contribution in [2.24, 2.45) is 0 Å². The molecule has 0 unspecified atom stereocenters. The molecule has 0 spiro atoms. The van der Waals surface area contributed by atoms with Crippen LogP contribution in [0.4, 0.5) is 4.79 Å². The van der Waals surface area contributed by atoms with Gasteiger partial charge in [0.15, 0.2) is 5.69 Å². The smallest absolute Gasteiger partial charge is 0.410 e. The predicted octanol–water partition coefficient (Wildman–Crippen LogP) is 4.87. The molecule has 0 aromatic carbocycles. The highest BCUT2D eigenvalue weighted by molar-refractivity contribution is 5.90. The summed E-state index contributed by atoms with van der Waals surface area (Å²) in [6.45, 7) is 14.6. The Morgan fingerprint density at radius 3 is 2.50 bits per heavy atom. The number of rotatable bonds is 3. The van der Waals surface area contributed by atoms with Crippen molar-refractivity contribution in [3.05, 3.63) is 41.4 Å². The van der Waals surface area contributed by atoms with Crippen molar-refractivity contribution < 1.29 is 19.1 Å². The van der Waals surface area contributed by atoms with Crippen molar-refractivity contribution in [2.75, 3.05) is 19.7 Å². The summed E-state index contributed by atoms with van der Waals surface area (Å²) >= 11 is 0. The first-order valence-corrected chi connectivity index (χ1v) is 10.5. The van der Waals surface area contributed by atoms with Gasteiger partial charge in [0.2, 0.25) is 0 Å². The van der Waals surface area contributed by atoms with Crippen molar-refractivity contribution in [2.45, 2.75) is 60.5 Å². The molecule has 0 atom stereocenters. The third-order valence-electron chi connectivity index (χ3n) is 4.50. The molecule has 7 heteroatoms. The molecule has 0 N–H and O–H groups in total. The standard InChI is InChI=1S/C21H27N3O4.C2H6/c1-6-27-19(25)18-14(2)22-17-13-16(9-12-24(17)18)15-7-10-23(11-8-15)20(26)28-21(3,4)5;1-2/h7,9,12-13H,6,8,10-11H2,1-5H3;1-2H3. The number of hydrogen-bond acceptors (Lipinski definition) is 5. The van der Waals surface area contributed by atoms with E-state index in [0.717, 1.165) is 17.6 Å². The first-order valence-electron chi connectivity index (χ1n) is 10.5. The maximum absolute atomic E-state index is 12.2. The predicted molar refractivity (Wildman–Crippen MR) is 118 cm³/mol. The Labute approximate surface area is 178 Å². The van der Waals surface area contributed by atoms with Crippen molar-refractivity contribution in [3.8, 4) is 0 Å². The minimum atomic E-state index is -0.499. The third kappa shape index (κ3) is 5.40. The number of fused-ring (bicyclic) bond motifs is 1. The normalized spacial score (nSPS) is 14.0. The Bertz CT molecular complexity index is 938. The van der Waals surface area contributed by atoms with Gasteiger partial charge in [0.05, 0.1) is 12.3 Å². The van der Waals surface area contributed by atoms with E-state index in [2.05, 4.69) is 4.98 Å². The van der Waals surface area contributed by atoms with Crippen molar-refractivity contribution in [1.29, 1.82) is 0 Å². The van der Waals surface area contributed by atoms with Crippen LogP contribution in [0.1, 0.15) is 69.7 Å². The van der Waals surface area contributed by atoms with E-state index in [-0.39, 0.29) is 12.1 Å². The molecular formula is C23H33N3O4. The summed E-state index contributed by atoms with van der Waals surface area (Å²) < 4.78 is 12.3. The van der Waals surface area contributed by atoms with Crippen molar-refractivity contribution in [1.82, 2.24) is 14.3 Å². The maximum Gasteiger partial charge on any atom is 0.410 e. The van der Waals surface area contributed by atoms with Gasteiger partial charge in [0.25, 0.3) is 0 Å². The van der Waals surface area contributed by atoms with Crippen molar-refractivity contribution in [3.63, 3.8) is 0 Å². The van der Waals surface area contributed by atoms with Gasteiger partial charge >= 0.3 is 12.1 Å². The number of nitrogens with zero attached hydrogens (tertiary/aromatic N) is 3. The fourth-order valence-corrected chi connectivity index (χ4v) is 3.23. The van der Waals surface area contributed by atoms with Crippen LogP contribution in [0.2, 0.25) is 0 Å². The van der Waals surface area contributed by atoms with Crippen LogP contribution in [-0.2, 0) is 9.47 Å². The highest BCUT2D eigenvalue weighted by Crippen LogP contribution is 2.25. The highest BCUT2D eigenvalue weighted by Gasteiger charge is 2.24. The van der Waals surface area contributed by atoms with E-state index in [4.69, 9.17) is 9.47 Å². The molecule has 0 radical (unpaired) electrons. The highest BCUT2D eigenvalue weighted by atomic mass is 16.6. The molecule has 0 saturated carbocycles. The number of hydrogen-bond donors (Lipinski definition) is 0. The van der Waals surface area contributed by atoms with Gasteiger partial charge in [-0.2, -0.15) is 0 Å². The maximum atomic E-state index is 12.2. The largest absolute Gasteiger partial charge is 0.461 e. The van der Waals surface area contributed by atoms with Crippen molar-refractivity contribution >= 4 is 23.3 Å². The summed E-state index contributed by atoms with van der Waals surface area (Å²) in [5, 5.41) is 0. The second-order valence-electron chi connectivity index (χ2n) is 7.82. The minimum absolute atomic E-state index is 0.291. The fraction of sp³-hybridized carbons (Fsp3) is 0.522. The Morgan fingerprint density at radius 1 is 1.23 bits per heavy atom. The molecule has 1 aliphatic heterocycles. The molecule has 2 aromatic rings. The molecule has 1 amide bonds. The molecule has 1 aliphatic rings. The molecule has 7 nitrogen and oxygen atoms in total. The first kappa shape index (κ1) is 23.4. The SMILES string of the molecule is CC.CCOC(=O)c1c(C)nc2cc(C3=CCN(C(=O)OC(C)(C)C)CC3)ccn12. The summed E-state index contributed by atoms with van der Waals surface area (Å²) in [6.07, 6.45) is 4.33. The van der Waals surface area contributed by atoms with Crippen LogP contribution in [0.25, 0.3) is 11.2 Å². The number of amides is 1. The lowest BCUT2D eigenvalue weighted by atomic mass is 10.0. The molecule has 30 heavy (non-hydrogen) atoms. The zero-order valence-electron chi connectivity index (χ0n) is 19.1. The van der Waals surface area contributed by atoms with Gasteiger partial charge in [0.1, 0.15) is 11.2 Å². The van der Waals surface area contributed by atoms with Crippen LogP contribution in [0, 0.1) is 6.92 Å². The van der Waals surface area contributed by atoms with E-state index in [1.165, 1.54) is 0 Å². The van der Waals surface area contributed by atoms with Crippen LogP contribution in [0.3, 0.4) is 0 Å². The summed E-state index contributed by atoms with van der Waals surface area (Å²) in [5.41, 5.74) is 3.49. The molecule has 0 saturated heterocycles. The van der Waals surface area contributed by atoms with Crippen LogP contribution in [0.15, 0.2) is 24.4 Å². The van der Waals surface area contributed by atoms with Crippen LogP contribution in [-0.4, -0.2) is 51.6 Å².